The molecule has 1 heterocycles. The highest BCUT2D eigenvalue weighted by atomic mass is 35.5. The summed E-state index contributed by atoms with van der Waals surface area (Å²) in [6, 6.07) is 14.7. The van der Waals surface area contributed by atoms with Crippen LogP contribution in [0.1, 0.15) is 27.9 Å². The summed E-state index contributed by atoms with van der Waals surface area (Å²) in [7, 11) is 0. The number of nitrogens with zero attached hydrogens (tertiary/aromatic N) is 1. The van der Waals surface area contributed by atoms with Crippen molar-refractivity contribution in [3.05, 3.63) is 69.7 Å². The van der Waals surface area contributed by atoms with Crippen molar-refractivity contribution in [3.8, 4) is 10.6 Å². The number of rotatable bonds is 5. The van der Waals surface area contributed by atoms with Crippen LogP contribution in [-0.2, 0) is 11.3 Å². The van der Waals surface area contributed by atoms with E-state index >= 15 is 0 Å². The predicted octanol–water partition coefficient (Wildman–Crippen LogP) is 4.66. The number of aromatic nitrogens is 1. The van der Waals surface area contributed by atoms with E-state index in [1.807, 2.05) is 43.3 Å². The van der Waals surface area contributed by atoms with Crippen LogP contribution < -0.4 is 10.6 Å². The van der Waals surface area contributed by atoms with Gasteiger partial charge in [-0.3, -0.25) is 9.59 Å². The first kappa shape index (κ1) is 19.1. The summed E-state index contributed by atoms with van der Waals surface area (Å²) in [5.41, 5.74) is 2.92. The second-order valence-electron chi connectivity index (χ2n) is 5.99. The molecule has 0 saturated heterocycles. The highest BCUT2D eigenvalue weighted by Gasteiger charge is 2.16. The Morgan fingerprint density at radius 3 is 2.59 bits per heavy atom. The lowest BCUT2D eigenvalue weighted by atomic mass is 10.2. The third-order valence-electron chi connectivity index (χ3n) is 3.81. The zero-order chi connectivity index (χ0) is 19.4. The minimum Gasteiger partial charge on any atom is -0.347 e. The molecular weight excluding hydrogens is 382 g/mol. The molecule has 3 rings (SSSR count). The molecule has 138 valence electrons. The monoisotopic (exact) mass is 399 g/mol. The van der Waals surface area contributed by atoms with E-state index in [0.717, 1.165) is 21.0 Å². The Hall–Kier alpha value is -2.70. The molecule has 2 aromatic carbocycles. The molecule has 0 aliphatic heterocycles. The molecular formula is C20H18ClN3O2S. The Balaban J connectivity index is 1.74. The summed E-state index contributed by atoms with van der Waals surface area (Å²) in [4.78, 5) is 29.1. The molecule has 0 bridgehead atoms. The molecule has 2 amide bonds. The van der Waals surface area contributed by atoms with Crippen LogP contribution in [0.4, 0.5) is 5.69 Å². The number of benzene rings is 2. The van der Waals surface area contributed by atoms with Crippen LogP contribution >= 0.6 is 22.9 Å². The molecule has 0 unspecified atom stereocenters. The van der Waals surface area contributed by atoms with Gasteiger partial charge in [0, 0.05) is 34.6 Å². The average Bonchev–Trinajstić information content (AvgIpc) is 3.02. The van der Waals surface area contributed by atoms with Gasteiger partial charge in [-0.25, -0.2) is 4.98 Å². The van der Waals surface area contributed by atoms with Crippen molar-refractivity contribution >= 4 is 40.4 Å². The van der Waals surface area contributed by atoms with Crippen LogP contribution in [0.2, 0.25) is 5.02 Å². The van der Waals surface area contributed by atoms with E-state index in [1.54, 1.807) is 12.1 Å². The van der Waals surface area contributed by atoms with Crippen molar-refractivity contribution in [3.63, 3.8) is 0 Å². The Morgan fingerprint density at radius 2 is 1.89 bits per heavy atom. The fourth-order valence-corrected chi connectivity index (χ4v) is 3.56. The van der Waals surface area contributed by atoms with E-state index in [4.69, 9.17) is 11.6 Å². The summed E-state index contributed by atoms with van der Waals surface area (Å²) in [5.74, 6) is -0.354. The lowest BCUT2D eigenvalue weighted by molar-refractivity contribution is -0.114. The normalized spacial score (nSPS) is 10.5. The van der Waals surface area contributed by atoms with Gasteiger partial charge in [0.25, 0.3) is 5.91 Å². The van der Waals surface area contributed by atoms with Crippen LogP contribution in [0, 0.1) is 6.92 Å². The Kier molecular flexibility index (Phi) is 5.88. The van der Waals surface area contributed by atoms with Gasteiger partial charge in [0.2, 0.25) is 5.91 Å². The lowest BCUT2D eigenvalue weighted by Crippen LogP contribution is -2.23. The zero-order valence-corrected chi connectivity index (χ0v) is 16.4. The summed E-state index contributed by atoms with van der Waals surface area (Å²) in [5, 5.41) is 7.03. The summed E-state index contributed by atoms with van der Waals surface area (Å²) in [6.45, 7) is 3.74. The Labute approximate surface area is 166 Å². The largest absolute Gasteiger partial charge is 0.347 e. The highest BCUT2D eigenvalue weighted by Crippen LogP contribution is 2.29. The maximum Gasteiger partial charge on any atom is 0.271 e. The number of carbonyl (C=O) groups is 2. The van der Waals surface area contributed by atoms with E-state index < -0.39 is 0 Å². The van der Waals surface area contributed by atoms with Crippen molar-refractivity contribution in [1.29, 1.82) is 0 Å². The van der Waals surface area contributed by atoms with Gasteiger partial charge in [-0.05, 0) is 36.8 Å². The second kappa shape index (κ2) is 8.33. The lowest BCUT2D eigenvalue weighted by Gasteiger charge is -2.04. The molecule has 7 heteroatoms. The molecule has 0 fully saturated rings. The van der Waals surface area contributed by atoms with Gasteiger partial charge >= 0.3 is 0 Å². The SMILES string of the molecule is CC(=O)Nc1cccc(-c2nc(C(=O)NCc3ccc(Cl)cc3)c(C)s2)c1. The smallest absolute Gasteiger partial charge is 0.271 e. The molecule has 27 heavy (non-hydrogen) atoms. The maximum absolute atomic E-state index is 12.5. The first-order valence-electron chi connectivity index (χ1n) is 8.30. The van der Waals surface area contributed by atoms with Gasteiger partial charge in [0.15, 0.2) is 0 Å². The van der Waals surface area contributed by atoms with Crippen molar-refractivity contribution in [2.24, 2.45) is 0 Å². The number of aryl methyl sites for hydroxylation is 1. The molecule has 0 aliphatic carbocycles. The van der Waals surface area contributed by atoms with E-state index in [9.17, 15) is 9.59 Å². The van der Waals surface area contributed by atoms with E-state index in [0.29, 0.717) is 22.9 Å². The Bertz CT molecular complexity index is 983. The first-order valence-corrected chi connectivity index (χ1v) is 9.50. The molecule has 0 aliphatic rings. The van der Waals surface area contributed by atoms with Crippen LogP contribution in [0.25, 0.3) is 10.6 Å². The minimum absolute atomic E-state index is 0.135. The van der Waals surface area contributed by atoms with Gasteiger partial charge in [0.1, 0.15) is 10.7 Å². The Morgan fingerprint density at radius 1 is 1.15 bits per heavy atom. The molecule has 0 atom stereocenters. The summed E-state index contributed by atoms with van der Waals surface area (Å²) >= 11 is 7.32. The maximum atomic E-state index is 12.5. The number of thiazole rings is 1. The molecule has 0 saturated carbocycles. The number of nitrogens with one attached hydrogen (secondary N) is 2. The van der Waals surface area contributed by atoms with E-state index in [-0.39, 0.29) is 11.8 Å². The van der Waals surface area contributed by atoms with Crippen LogP contribution in [0.3, 0.4) is 0 Å². The third-order valence-corrected chi connectivity index (χ3v) is 5.08. The summed E-state index contributed by atoms with van der Waals surface area (Å²) in [6.07, 6.45) is 0. The number of halogens is 1. The number of hydrogen-bond donors (Lipinski definition) is 2. The van der Waals surface area contributed by atoms with Gasteiger partial charge in [0.05, 0.1) is 0 Å². The third kappa shape index (κ3) is 4.93. The van der Waals surface area contributed by atoms with Gasteiger partial charge in [-0.1, -0.05) is 35.9 Å². The molecule has 2 N–H and O–H groups in total. The molecule has 3 aromatic rings. The van der Waals surface area contributed by atoms with Crippen molar-refractivity contribution in [2.75, 3.05) is 5.32 Å². The molecule has 5 nitrogen and oxygen atoms in total. The number of carbonyl (C=O) groups excluding carboxylic acids is 2. The van der Waals surface area contributed by atoms with Crippen molar-refractivity contribution in [2.45, 2.75) is 20.4 Å². The minimum atomic E-state index is -0.219. The summed E-state index contributed by atoms with van der Waals surface area (Å²) < 4.78 is 0. The van der Waals surface area contributed by atoms with E-state index in [1.165, 1.54) is 18.3 Å². The number of amides is 2. The standard InChI is InChI=1S/C20H18ClN3O2S/c1-12-18(19(26)22-11-14-6-8-16(21)9-7-14)24-20(27-12)15-4-3-5-17(10-15)23-13(2)25/h3-10H,11H2,1-2H3,(H,22,26)(H,23,25). The fourth-order valence-electron chi connectivity index (χ4n) is 2.53. The van der Waals surface area contributed by atoms with E-state index in [2.05, 4.69) is 15.6 Å². The van der Waals surface area contributed by atoms with Crippen molar-refractivity contribution in [1.82, 2.24) is 10.3 Å². The van der Waals surface area contributed by atoms with Crippen LogP contribution in [0.15, 0.2) is 48.5 Å². The fraction of sp³-hybridized carbons (Fsp3) is 0.150. The van der Waals surface area contributed by atoms with Gasteiger partial charge < -0.3 is 10.6 Å². The molecule has 1 aromatic heterocycles. The number of anilines is 1. The van der Waals surface area contributed by atoms with Crippen LogP contribution in [-0.4, -0.2) is 16.8 Å². The second-order valence-corrected chi connectivity index (χ2v) is 7.63. The topological polar surface area (TPSA) is 71.1 Å². The van der Waals surface area contributed by atoms with Crippen LogP contribution in [0.5, 0.6) is 0 Å². The quantitative estimate of drug-likeness (QED) is 0.655. The van der Waals surface area contributed by atoms with Gasteiger partial charge in [-0.2, -0.15) is 0 Å². The first-order chi connectivity index (χ1) is 12.9. The number of hydrogen-bond acceptors (Lipinski definition) is 4. The average molecular weight is 400 g/mol. The van der Waals surface area contributed by atoms with Gasteiger partial charge in [-0.15, -0.1) is 11.3 Å². The van der Waals surface area contributed by atoms with Crippen molar-refractivity contribution < 1.29 is 9.59 Å². The highest BCUT2D eigenvalue weighted by molar-refractivity contribution is 7.15. The molecule has 0 spiro atoms. The molecule has 0 radical (unpaired) electrons. The predicted molar refractivity (Wildman–Crippen MR) is 109 cm³/mol. The zero-order valence-electron chi connectivity index (χ0n) is 14.9.